The Hall–Kier alpha value is -3.84. The van der Waals surface area contributed by atoms with Crippen molar-refractivity contribution in [2.24, 2.45) is 0 Å². The van der Waals surface area contributed by atoms with Gasteiger partial charge >= 0.3 is 0 Å². The van der Waals surface area contributed by atoms with Gasteiger partial charge in [-0.1, -0.05) is 18.2 Å². The minimum Gasteiger partial charge on any atom is -0.336 e. The second kappa shape index (κ2) is 8.60. The van der Waals surface area contributed by atoms with Crippen LogP contribution in [0.2, 0.25) is 0 Å². The molecule has 1 fully saturated rings. The summed E-state index contributed by atoms with van der Waals surface area (Å²) in [6, 6.07) is 15.3. The Bertz CT molecular complexity index is 1380. The molecular formula is C26H25N5O2. The van der Waals surface area contributed by atoms with Gasteiger partial charge in [-0.2, -0.15) is 0 Å². The van der Waals surface area contributed by atoms with Gasteiger partial charge in [0.05, 0.1) is 11.2 Å². The van der Waals surface area contributed by atoms with Gasteiger partial charge in [-0.15, -0.1) is 0 Å². The van der Waals surface area contributed by atoms with E-state index in [0.717, 1.165) is 59.1 Å². The lowest BCUT2D eigenvalue weighted by Gasteiger charge is -2.32. The first-order valence-corrected chi connectivity index (χ1v) is 11.0. The number of benzene rings is 2. The van der Waals surface area contributed by atoms with Crippen molar-refractivity contribution in [2.75, 3.05) is 38.5 Å². The van der Waals surface area contributed by atoms with Crippen molar-refractivity contribution >= 4 is 39.2 Å². The lowest BCUT2D eigenvalue weighted by Crippen LogP contribution is -2.47. The molecule has 0 bridgehead atoms. The van der Waals surface area contributed by atoms with Crippen LogP contribution in [0.25, 0.3) is 32.9 Å². The van der Waals surface area contributed by atoms with Crippen LogP contribution in [0.1, 0.15) is 17.3 Å². The fourth-order valence-corrected chi connectivity index (χ4v) is 4.34. The summed E-state index contributed by atoms with van der Waals surface area (Å²) >= 11 is 0. The number of likely N-dealkylation sites (N-methyl/N-ethyl adjacent to an activating group) is 1. The molecule has 3 heterocycles. The normalized spacial score (nSPS) is 14.5. The molecule has 0 atom stereocenters. The molecule has 33 heavy (non-hydrogen) atoms. The third-order valence-electron chi connectivity index (χ3n) is 6.09. The Labute approximate surface area is 192 Å². The van der Waals surface area contributed by atoms with Crippen molar-refractivity contribution in [2.45, 2.75) is 6.92 Å². The van der Waals surface area contributed by atoms with E-state index in [1.165, 1.54) is 6.92 Å². The number of nitrogens with zero attached hydrogens (tertiary/aromatic N) is 4. The van der Waals surface area contributed by atoms with Crippen molar-refractivity contribution in [3.05, 3.63) is 66.5 Å². The van der Waals surface area contributed by atoms with E-state index in [0.29, 0.717) is 11.3 Å². The zero-order valence-electron chi connectivity index (χ0n) is 18.7. The van der Waals surface area contributed by atoms with Crippen LogP contribution in [0.4, 0.5) is 5.69 Å². The third-order valence-corrected chi connectivity index (χ3v) is 6.09. The highest BCUT2D eigenvalue weighted by Gasteiger charge is 2.21. The number of anilines is 1. The van der Waals surface area contributed by atoms with Crippen molar-refractivity contribution in [3.8, 4) is 11.3 Å². The molecule has 2 aromatic carbocycles. The third kappa shape index (κ3) is 4.15. The number of carbonyl (C=O) groups is 2. The number of pyridine rings is 2. The van der Waals surface area contributed by atoms with Gasteiger partial charge in [0.15, 0.2) is 0 Å². The van der Waals surface area contributed by atoms with Crippen molar-refractivity contribution in [1.29, 1.82) is 0 Å². The SMILES string of the molecule is CC(=O)Nc1cccc(-c2nc3cc(C(=O)N4CCN(C)CC4)ccc3c3cnccc23)c1. The summed E-state index contributed by atoms with van der Waals surface area (Å²) in [4.78, 5) is 38.1. The molecule has 1 aliphatic heterocycles. The van der Waals surface area contributed by atoms with E-state index >= 15 is 0 Å². The zero-order valence-corrected chi connectivity index (χ0v) is 18.7. The van der Waals surface area contributed by atoms with E-state index in [1.54, 1.807) is 6.20 Å². The number of hydrogen-bond acceptors (Lipinski definition) is 5. The fraction of sp³-hybridized carbons (Fsp3) is 0.231. The van der Waals surface area contributed by atoms with Gasteiger partial charge in [0.2, 0.25) is 5.91 Å². The minimum absolute atomic E-state index is 0.0345. The van der Waals surface area contributed by atoms with Crippen LogP contribution in [0.15, 0.2) is 60.9 Å². The topological polar surface area (TPSA) is 78.4 Å². The maximum absolute atomic E-state index is 13.1. The molecule has 1 N–H and O–H groups in total. The predicted molar refractivity (Wildman–Crippen MR) is 130 cm³/mol. The van der Waals surface area contributed by atoms with Gasteiger partial charge in [0.1, 0.15) is 0 Å². The number of carbonyl (C=O) groups excluding carboxylic acids is 2. The minimum atomic E-state index is -0.125. The quantitative estimate of drug-likeness (QED) is 0.492. The lowest BCUT2D eigenvalue weighted by atomic mass is 10.00. The van der Waals surface area contributed by atoms with Crippen LogP contribution in [-0.2, 0) is 4.79 Å². The molecule has 166 valence electrons. The first-order chi connectivity index (χ1) is 16.0. The summed E-state index contributed by atoms with van der Waals surface area (Å²) in [6.45, 7) is 4.69. The van der Waals surface area contributed by atoms with E-state index in [-0.39, 0.29) is 11.8 Å². The van der Waals surface area contributed by atoms with Crippen molar-refractivity contribution in [1.82, 2.24) is 19.8 Å². The lowest BCUT2D eigenvalue weighted by molar-refractivity contribution is -0.114. The average Bonchev–Trinajstić information content (AvgIpc) is 2.83. The van der Waals surface area contributed by atoms with Crippen LogP contribution in [0.5, 0.6) is 0 Å². The van der Waals surface area contributed by atoms with Crippen LogP contribution < -0.4 is 5.32 Å². The van der Waals surface area contributed by atoms with Gasteiger partial charge in [-0.3, -0.25) is 14.6 Å². The van der Waals surface area contributed by atoms with E-state index in [4.69, 9.17) is 4.98 Å². The molecule has 7 nitrogen and oxygen atoms in total. The molecule has 2 aromatic heterocycles. The standard InChI is InChI=1S/C26H25N5O2/c1-17(32)28-20-5-3-4-18(14-20)25-22-8-9-27-16-23(22)21-7-6-19(15-24(21)29-25)26(33)31-12-10-30(2)11-13-31/h3-9,14-16H,10-13H2,1-2H3,(H,28,32). The fourth-order valence-electron chi connectivity index (χ4n) is 4.34. The molecule has 0 radical (unpaired) electrons. The van der Waals surface area contributed by atoms with Gasteiger partial charge in [0, 0.05) is 78.5 Å². The number of amides is 2. The van der Waals surface area contributed by atoms with E-state index in [2.05, 4.69) is 22.2 Å². The smallest absolute Gasteiger partial charge is 0.254 e. The summed E-state index contributed by atoms with van der Waals surface area (Å²) in [5, 5.41) is 5.73. The molecule has 0 aliphatic carbocycles. The van der Waals surface area contributed by atoms with Crippen LogP contribution in [0, 0.1) is 0 Å². The van der Waals surface area contributed by atoms with E-state index < -0.39 is 0 Å². The Morgan fingerprint density at radius 1 is 0.939 bits per heavy atom. The van der Waals surface area contributed by atoms with Crippen molar-refractivity contribution < 1.29 is 9.59 Å². The van der Waals surface area contributed by atoms with Crippen LogP contribution in [-0.4, -0.2) is 64.8 Å². The highest BCUT2D eigenvalue weighted by molar-refractivity contribution is 6.12. The molecule has 1 saturated heterocycles. The maximum Gasteiger partial charge on any atom is 0.254 e. The summed E-state index contributed by atoms with van der Waals surface area (Å²) in [5.41, 5.74) is 3.77. The number of hydrogen-bond donors (Lipinski definition) is 1. The number of aromatic nitrogens is 2. The summed E-state index contributed by atoms with van der Waals surface area (Å²) in [7, 11) is 2.07. The molecule has 2 amide bonds. The Kier molecular flexibility index (Phi) is 5.48. The highest BCUT2D eigenvalue weighted by atomic mass is 16.2. The van der Waals surface area contributed by atoms with Gasteiger partial charge < -0.3 is 15.1 Å². The second-order valence-corrected chi connectivity index (χ2v) is 8.47. The monoisotopic (exact) mass is 439 g/mol. The molecule has 0 unspecified atom stereocenters. The van der Waals surface area contributed by atoms with Gasteiger partial charge in [-0.25, -0.2) is 4.98 Å². The Morgan fingerprint density at radius 2 is 1.76 bits per heavy atom. The number of nitrogens with one attached hydrogen (secondary N) is 1. The molecule has 1 aliphatic rings. The predicted octanol–water partition coefficient (Wildman–Crippen LogP) is 3.80. The molecule has 0 saturated carbocycles. The molecule has 5 rings (SSSR count). The zero-order chi connectivity index (χ0) is 22.9. The number of piperazine rings is 1. The van der Waals surface area contributed by atoms with E-state index in [1.807, 2.05) is 59.6 Å². The number of rotatable bonds is 3. The molecule has 7 heteroatoms. The summed E-state index contributed by atoms with van der Waals surface area (Å²) in [5.74, 6) is -0.0907. The van der Waals surface area contributed by atoms with Crippen LogP contribution >= 0.6 is 0 Å². The maximum atomic E-state index is 13.1. The Balaban J connectivity index is 1.62. The first kappa shape index (κ1) is 21.0. The number of fused-ring (bicyclic) bond motifs is 3. The summed E-state index contributed by atoms with van der Waals surface area (Å²) in [6.07, 6.45) is 3.59. The molecular weight excluding hydrogens is 414 g/mol. The molecule has 4 aromatic rings. The van der Waals surface area contributed by atoms with Gasteiger partial charge in [-0.05, 0) is 37.4 Å². The van der Waals surface area contributed by atoms with Crippen LogP contribution in [0.3, 0.4) is 0 Å². The molecule has 0 spiro atoms. The summed E-state index contributed by atoms with van der Waals surface area (Å²) < 4.78 is 0. The van der Waals surface area contributed by atoms with E-state index in [9.17, 15) is 9.59 Å². The average molecular weight is 440 g/mol. The Morgan fingerprint density at radius 3 is 2.55 bits per heavy atom. The van der Waals surface area contributed by atoms with Crippen molar-refractivity contribution in [3.63, 3.8) is 0 Å². The highest BCUT2D eigenvalue weighted by Crippen LogP contribution is 2.33. The largest absolute Gasteiger partial charge is 0.336 e. The second-order valence-electron chi connectivity index (χ2n) is 8.47. The first-order valence-electron chi connectivity index (χ1n) is 11.0. The van der Waals surface area contributed by atoms with Gasteiger partial charge in [0.25, 0.3) is 5.91 Å².